The zero-order valence-electron chi connectivity index (χ0n) is 9.74. The van der Waals surface area contributed by atoms with Gasteiger partial charge in [0.05, 0.1) is 18.1 Å². The molecule has 0 fully saturated rings. The van der Waals surface area contributed by atoms with Gasteiger partial charge in [-0.2, -0.15) is 5.26 Å². The van der Waals surface area contributed by atoms with E-state index in [1.807, 2.05) is 6.07 Å². The van der Waals surface area contributed by atoms with Crippen molar-refractivity contribution in [2.24, 2.45) is 0 Å². The van der Waals surface area contributed by atoms with E-state index in [4.69, 9.17) is 21.6 Å². The van der Waals surface area contributed by atoms with Gasteiger partial charge in [-0.1, -0.05) is 17.7 Å². The van der Waals surface area contributed by atoms with Crippen LogP contribution >= 0.6 is 11.6 Å². The fourth-order valence-electron chi connectivity index (χ4n) is 1.21. The first-order valence-electron chi connectivity index (χ1n) is 5.08. The van der Waals surface area contributed by atoms with Crippen molar-refractivity contribution in [1.82, 2.24) is 4.90 Å². The van der Waals surface area contributed by atoms with Crippen LogP contribution in [0.3, 0.4) is 0 Å². The molecule has 0 saturated heterocycles. The zero-order chi connectivity index (χ0) is 12.8. The Morgan fingerprint density at radius 1 is 1.53 bits per heavy atom. The first-order valence-corrected chi connectivity index (χ1v) is 5.45. The monoisotopic (exact) mass is 252 g/mol. The number of halogens is 1. The highest BCUT2D eigenvalue weighted by Crippen LogP contribution is 2.25. The van der Waals surface area contributed by atoms with E-state index >= 15 is 0 Å². The Morgan fingerprint density at radius 3 is 2.82 bits per heavy atom. The number of rotatable bonds is 4. The minimum absolute atomic E-state index is 0.0227. The predicted molar refractivity (Wildman–Crippen MR) is 65.0 cm³/mol. The third kappa shape index (κ3) is 3.65. The molecule has 4 nitrogen and oxygen atoms in total. The van der Waals surface area contributed by atoms with Gasteiger partial charge >= 0.3 is 0 Å². The number of benzene rings is 1. The lowest BCUT2D eigenvalue weighted by atomic mass is 10.2. The van der Waals surface area contributed by atoms with Crippen molar-refractivity contribution in [3.63, 3.8) is 0 Å². The molecule has 5 heteroatoms. The Morgan fingerprint density at radius 2 is 2.24 bits per heavy atom. The summed E-state index contributed by atoms with van der Waals surface area (Å²) in [6.45, 7) is 0.228. The van der Waals surface area contributed by atoms with Gasteiger partial charge in [0.25, 0.3) is 0 Å². The third-order valence-corrected chi connectivity index (χ3v) is 2.47. The molecule has 0 aliphatic rings. The van der Waals surface area contributed by atoms with Crippen molar-refractivity contribution in [3.8, 4) is 11.8 Å². The Bertz CT molecular complexity index is 452. The molecule has 1 aromatic carbocycles. The lowest BCUT2D eigenvalue weighted by Crippen LogP contribution is -2.23. The maximum absolute atomic E-state index is 11.3. The molecule has 0 bridgehead atoms. The van der Waals surface area contributed by atoms with Crippen LogP contribution in [0.25, 0.3) is 0 Å². The van der Waals surface area contributed by atoms with E-state index in [1.165, 1.54) is 4.90 Å². The molecule has 0 atom stereocenters. The smallest absolute Gasteiger partial charge is 0.225 e. The predicted octanol–water partition coefficient (Wildman–Crippen LogP) is 2.07. The molecule has 0 aromatic heterocycles. The Balaban J connectivity index is 2.62. The van der Waals surface area contributed by atoms with E-state index in [1.54, 1.807) is 32.3 Å². The van der Waals surface area contributed by atoms with E-state index in [-0.39, 0.29) is 18.9 Å². The molecule has 0 unspecified atom stereocenters. The lowest BCUT2D eigenvalue weighted by Gasteiger charge is -2.11. The fraction of sp³-hybridized carbons (Fsp3) is 0.333. The number of carbonyl (C=O) groups excluding carboxylic acids is 1. The second-order valence-corrected chi connectivity index (χ2v) is 4.02. The van der Waals surface area contributed by atoms with Crippen molar-refractivity contribution in [1.29, 1.82) is 5.26 Å². The molecular formula is C12H13ClN2O2. The van der Waals surface area contributed by atoms with Crippen molar-refractivity contribution in [2.75, 3.05) is 20.7 Å². The number of nitriles is 1. The van der Waals surface area contributed by atoms with Gasteiger partial charge in [0.15, 0.2) is 0 Å². The van der Waals surface area contributed by atoms with Gasteiger partial charge in [0, 0.05) is 14.1 Å². The molecule has 1 amide bonds. The van der Waals surface area contributed by atoms with Gasteiger partial charge in [-0.25, -0.2) is 0 Å². The summed E-state index contributed by atoms with van der Waals surface area (Å²) in [7, 11) is 3.37. The van der Waals surface area contributed by atoms with E-state index in [9.17, 15) is 4.79 Å². The first-order chi connectivity index (χ1) is 8.06. The molecule has 0 heterocycles. The summed E-state index contributed by atoms with van der Waals surface area (Å²) in [5.74, 6) is 0.386. The Hall–Kier alpha value is -1.73. The van der Waals surface area contributed by atoms with Gasteiger partial charge in [0.2, 0.25) is 5.91 Å². The van der Waals surface area contributed by atoms with Crippen molar-refractivity contribution < 1.29 is 9.53 Å². The van der Waals surface area contributed by atoms with Gasteiger partial charge in [0.1, 0.15) is 17.4 Å². The Labute approximate surface area is 105 Å². The third-order valence-electron chi connectivity index (χ3n) is 2.16. The van der Waals surface area contributed by atoms with E-state index in [0.29, 0.717) is 16.3 Å². The van der Waals surface area contributed by atoms with Crippen LogP contribution in [0.5, 0.6) is 5.75 Å². The Kier molecular flexibility index (Phi) is 4.80. The molecule has 0 spiro atoms. The standard InChI is InChI=1S/C12H13ClN2O2/c1-15(2)12(16)6-7-17-11-5-3-4-10(13)9(11)8-14/h3-5H,6-7H2,1-2H3. The lowest BCUT2D eigenvalue weighted by molar-refractivity contribution is -0.129. The minimum atomic E-state index is -0.0227. The van der Waals surface area contributed by atoms with Crippen molar-refractivity contribution in [3.05, 3.63) is 28.8 Å². The summed E-state index contributed by atoms with van der Waals surface area (Å²) in [5.41, 5.74) is 0.298. The average molecular weight is 253 g/mol. The van der Waals surface area contributed by atoms with E-state index in [2.05, 4.69) is 0 Å². The summed E-state index contributed by atoms with van der Waals surface area (Å²) in [6.07, 6.45) is 0.268. The van der Waals surface area contributed by atoms with Crippen LogP contribution in [-0.2, 0) is 4.79 Å². The number of ether oxygens (including phenoxy) is 1. The van der Waals surface area contributed by atoms with E-state index < -0.39 is 0 Å². The molecule has 0 aliphatic carbocycles. The van der Waals surface area contributed by atoms with Crippen LogP contribution in [0.4, 0.5) is 0 Å². The average Bonchev–Trinajstić information content (AvgIpc) is 2.29. The summed E-state index contributed by atoms with van der Waals surface area (Å²) in [5, 5.41) is 9.26. The second kappa shape index (κ2) is 6.12. The van der Waals surface area contributed by atoms with Crippen LogP contribution in [-0.4, -0.2) is 31.5 Å². The summed E-state index contributed by atoms with van der Waals surface area (Å²) in [6, 6.07) is 6.95. The van der Waals surface area contributed by atoms with Gasteiger partial charge in [-0.05, 0) is 12.1 Å². The molecule has 0 N–H and O–H groups in total. The summed E-state index contributed by atoms with van der Waals surface area (Å²) < 4.78 is 5.38. The first kappa shape index (κ1) is 13.3. The summed E-state index contributed by atoms with van der Waals surface area (Å²) >= 11 is 5.84. The van der Waals surface area contributed by atoms with Gasteiger partial charge in [-0.3, -0.25) is 4.79 Å². The number of carbonyl (C=O) groups is 1. The number of amides is 1. The number of hydrogen-bond acceptors (Lipinski definition) is 3. The van der Waals surface area contributed by atoms with Crippen LogP contribution in [0.15, 0.2) is 18.2 Å². The molecule has 1 aromatic rings. The molecular weight excluding hydrogens is 240 g/mol. The second-order valence-electron chi connectivity index (χ2n) is 3.61. The van der Waals surface area contributed by atoms with Crippen molar-refractivity contribution in [2.45, 2.75) is 6.42 Å². The van der Waals surface area contributed by atoms with Crippen LogP contribution in [0.1, 0.15) is 12.0 Å². The minimum Gasteiger partial charge on any atom is -0.492 e. The maximum atomic E-state index is 11.3. The van der Waals surface area contributed by atoms with Crippen LogP contribution in [0.2, 0.25) is 5.02 Å². The maximum Gasteiger partial charge on any atom is 0.225 e. The van der Waals surface area contributed by atoms with Crippen LogP contribution in [0, 0.1) is 11.3 Å². The van der Waals surface area contributed by atoms with Crippen molar-refractivity contribution >= 4 is 17.5 Å². The quantitative estimate of drug-likeness (QED) is 0.824. The normalized spacial score (nSPS) is 9.53. The number of hydrogen-bond donors (Lipinski definition) is 0. The number of nitrogens with zero attached hydrogens (tertiary/aromatic N) is 2. The molecule has 1 rings (SSSR count). The zero-order valence-corrected chi connectivity index (χ0v) is 10.5. The van der Waals surface area contributed by atoms with Gasteiger partial charge in [-0.15, -0.1) is 0 Å². The largest absolute Gasteiger partial charge is 0.492 e. The van der Waals surface area contributed by atoms with Gasteiger partial charge < -0.3 is 9.64 Å². The topological polar surface area (TPSA) is 53.3 Å². The van der Waals surface area contributed by atoms with Crippen LogP contribution < -0.4 is 4.74 Å². The molecule has 0 saturated carbocycles. The molecule has 0 aliphatic heterocycles. The molecule has 90 valence electrons. The SMILES string of the molecule is CN(C)C(=O)CCOc1cccc(Cl)c1C#N. The molecule has 0 radical (unpaired) electrons. The highest BCUT2D eigenvalue weighted by Gasteiger charge is 2.09. The highest BCUT2D eigenvalue weighted by molar-refractivity contribution is 6.31. The highest BCUT2D eigenvalue weighted by atomic mass is 35.5. The summed E-state index contributed by atoms with van der Waals surface area (Å²) in [4.78, 5) is 12.8. The fourth-order valence-corrected chi connectivity index (χ4v) is 1.41. The molecule has 17 heavy (non-hydrogen) atoms. The van der Waals surface area contributed by atoms with E-state index in [0.717, 1.165) is 0 Å².